The van der Waals surface area contributed by atoms with Crippen LogP contribution >= 0.6 is 0 Å². The summed E-state index contributed by atoms with van der Waals surface area (Å²) in [6.45, 7) is 4.56. The molecule has 5 nitrogen and oxygen atoms in total. The van der Waals surface area contributed by atoms with Crippen LogP contribution in [0, 0.1) is 5.82 Å². The highest BCUT2D eigenvalue weighted by molar-refractivity contribution is 5.78. The minimum Gasteiger partial charge on any atom is -0.378 e. The zero-order valence-corrected chi connectivity index (χ0v) is 17.6. The molecule has 1 N–H and O–H groups in total. The predicted molar refractivity (Wildman–Crippen MR) is 116 cm³/mol. The summed E-state index contributed by atoms with van der Waals surface area (Å²) < 4.78 is 13.1. The van der Waals surface area contributed by atoms with Crippen LogP contribution in [0.4, 0.5) is 10.1 Å². The van der Waals surface area contributed by atoms with Gasteiger partial charge in [-0.1, -0.05) is 24.3 Å². The van der Waals surface area contributed by atoms with Gasteiger partial charge < -0.3 is 15.1 Å². The molecule has 0 unspecified atom stereocenters. The number of hydrogen-bond acceptors (Lipinski definition) is 4. The highest BCUT2D eigenvalue weighted by Gasteiger charge is 2.24. The molecule has 156 valence electrons. The molecular weight excluding hydrogens is 367 g/mol. The molecule has 2 aromatic rings. The highest BCUT2D eigenvalue weighted by Crippen LogP contribution is 2.24. The van der Waals surface area contributed by atoms with Gasteiger partial charge in [0.2, 0.25) is 5.91 Å². The zero-order chi connectivity index (χ0) is 20.8. The number of amides is 1. The van der Waals surface area contributed by atoms with Gasteiger partial charge in [-0.15, -0.1) is 0 Å². The first kappa shape index (κ1) is 21.3. The maximum atomic E-state index is 13.1. The van der Waals surface area contributed by atoms with Crippen molar-refractivity contribution >= 4 is 11.6 Å². The normalized spacial score (nSPS) is 16.4. The van der Waals surface area contributed by atoms with E-state index in [0.717, 1.165) is 37.4 Å². The van der Waals surface area contributed by atoms with E-state index in [1.807, 2.05) is 14.1 Å². The Labute approximate surface area is 173 Å². The van der Waals surface area contributed by atoms with Gasteiger partial charge in [-0.2, -0.15) is 0 Å². The molecule has 1 saturated heterocycles. The molecule has 0 bridgehead atoms. The highest BCUT2D eigenvalue weighted by atomic mass is 19.1. The van der Waals surface area contributed by atoms with E-state index in [-0.39, 0.29) is 24.2 Å². The third-order valence-corrected chi connectivity index (χ3v) is 5.54. The summed E-state index contributed by atoms with van der Waals surface area (Å²) in [4.78, 5) is 19.3. The van der Waals surface area contributed by atoms with E-state index in [2.05, 4.69) is 51.3 Å². The number of hydrogen-bond donors (Lipinski definition) is 1. The standard InChI is InChI=1S/C23H31FN4O/c1-26(2)21-10-6-19(7-11-21)22(28-14-12-27(3)13-15-28)17-25-23(29)16-18-4-8-20(24)9-5-18/h4-11,22H,12-17H2,1-3H3,(H,25,29)/t22-/m1/s1. The SMILES string of the molecule is CN1CCN([C@H](CNC(=O)Cc2ccc(F)cc2)c2ccc(N(C)C)cc2)CC1. The number of carbonyl (C=O) groups is 1. The van der Waals surface area contributed by atoms with Crippen LogP contribution in [0.1, 0.15) is 17.2 Å². The van der Waals surface area contributed by atoms with Gasteiger partial charge in [0.15, 0.2) is 0 Å². The monoisotopic (exact) mass is 398 g/mol. The summed E-state index contributed by atoms with van der Waals surface area (Å²) in [5.74, 6) is -0.328. The summed E-state index contributed by atoms with van der Waals surface area (Å²) in [7, 11) is 6.20. The molecule has 1 heterocycles. The van der Waals surface area contributed by atoms with Gasteiger partial charge in [0.25, 0.3) is 0 Å². The lowest BCUT2D eigenvalue weighted by atomic mass is 10.0. The number of anilines is 1. The molecule has 1 fully saturated rings. The molecule has 0 saturated carbocycles. The number of nitrogens with one attached hydrogen (secondary N) is 1. The van der Waals surface area contributed by atoms with Crippen LogP contribution < -0.4 is 10.2 Å². The van der Waals surface area contributed by atoms with Crippen LogP contribution in [0.15, 0.2) is 48.5 Å². The fraction of sp³-hybridized carbons (Fsp3) is 0.435. The second-order valence-corrected chi connectivity index (χ2v) is 7.95. The van der Waals surface area contributed by atoms with E-state index in [1.54, 1.807) is 12.1 Å². The number of piperazine rings is 1. The zero-order valence-electron chi connectivity index (χ0n) is 17.6. The largest absolute Gasteiger partial charge is 0.378 e. The molecular formula is C23H31FN4O. The summed E-state index contributed by atoms with van der Waals surface area (Å²) >= 11 is 0. The van der Waals surface area contributed by atoms with Crippen LogP contribution in [0.2, 0.25) is 0 Å². The molecule has 1 aliphatic rings. The minimum atomic E-state index is -0.287. The number of rotatable bonds is 7. The fourth-order valence-corrected chi connectivity index (χ4v) is 3.65. The topological polar surface area (TPSA) is 38.8 Å². The lowest BCUT2D eigenvalue weighted by Crippen LogP contribution is -2.48. The summed E-state index contributed by atoms with van der Waals surface area (Å²) in [6.07, 6.45) is 0.259. The Morgan fingerprint density at radius 1 is 1.03 bits per heavy atom. The van der Waals surface area contributed by atoms with Gasteiger partial charge in [0.05, 0.1) is 12.5 Å². The molecule has 6 heteroatoms. The number of benzene rings is 2. The van der Waals surface area contributed by atoms with Gasteiger partial charge in [-0.3, -0.25) is 9.69 Å². The van der Waals surface area contributed by atoms with Crippen LogP contribution in [-0.4, -0.2) is 69.6 Å². The molecule has 29 heavy (non-hydrogen) atoms. The third kappa shape index (κ3) is 6.02. The molecule has 3 rings (SSSR count). The minimum absolute atomic E-state index is 0.0411. The Bertz CT molecular complexity index is 784. The Morgan fingerprint density at radius 2 is 1.66 bits per heavy atom. The predicted octanol–water partition coefficient (Wildman–Crippen LogP) is 2.54. The fourth-order valence-electron chi connectivity index (χ4n) is 3.65. The first-order valence-corrected chi connectivity index (χ1v) is 10.1. The summed E-state index contributed by atoms with van der Waals surface area (Å²) in [6, 6.07) is 14.8. The molecule has 1 atom stereocenters. The Balaban J connectivity index is 1.67. The van der Waals surface area contributed by atoms with Crippen molar-refractivity contribution in [3.05, 3.63) is 65.5 Å². The van der Waals surface area contributed by atoms with E-state index in [0.29, 0.717) is 6.54 Å². The van der Waals surface area contributed by atoms with E-state index in [9.17, 15) is 9.18 Å². The molecule has 1 amide bonds. The van der Waals surface area contributed by atoms with E-state index >= 15 is 0 Å². The molecule has 2 aromatic carbocycles. The third-order valence-electron chi connectivity index (χ3n) is 5.54. The average molecular weight is 399 g/mol. The molecule has 0 spiro atoms. The molecule has 0 radical (unpaired) electrons. The van der Waals surface area contributed by atoms with Crippen molar-refractivity contribution in [2.24, 2.45) is 0 Å². The molecule has 0 aliphatic carbocycles. The van der Waals surface area contributed by atoms with E-state index < -0.39 is 0 Å². The van der Waals surface area contributed by atoms with Crippen LogP contribution in [0.5, 0.6) is 0 Å². The number of nitrogens with zero attached hydrogens (tertiary/aromatic N) is 3. The van der Waals surface area contributed by atoms with Crippen LogP contribution in [-0.2, 0) is 11.2 Å². The van der Waals surface area contributed by atoms with Crippen LogP contribution in [0.25, 0.3) is 0 Å². The lowest BCUT2D eigenvalue weighted by molar-refractivity contribution is -0.120. The first-order valence-electron chi connectivity index (χ1n) is 10.1. The maximum Gasteiger partial charge on any atom is 0.224 e. The van der Waals surface area contributed by atoms with Gasteiger partial charge in [-0.05, 0) is 42.4 Å². The summed E-state index contributed by atoms with van der Waals surface area (Å²) in [5, 5.41) is 3.09. The van der Waals surface area contributed by atoms with Crippen molar-refractivity contribution < 1.29 is 9.18 Å². The van der Waals surface area contributed by atoms with Crippen molar-refractivity contribution in [3.8, 4) is 0 Å². The van der Waals surface area contributed by atoms with Crippen LogP contribution in [0.3, 0.4) is 0 Å². The van der Waals surface area contributed by atoms with Gasteiger partial charge in [-0.25, -0.2) is 4.39 Å². The Morgan fingerprint density at radius 3 is 2.24 bits per heavy atom. The average Bonchev–Trinajstić information content (AvgIpc) is 2.71. The quantitative estimate of drug-likeness (QED) is 0.778. The van der Waals surface area contributed by atoms with Crippen molar-refractivity contribution in [3.63, 3.8) is 0 Å². The lowest BCUT2D eigenvalue weighted by Gasteiger charge is -2.38. The van der Waals surface area contributed by atoms with Crippen molar-refractivity contribution in [1.29, 1.82) is 0 Å². The van der Waals surface area contributed by atoms with E-state index in [4.69, 9.17) is 0 Å². The van der Waals surface area contributed by atoms with Gasteiger partial charge in [0.1, 0.15) is 5.82 Å². The smallest absolute Gasteiger partial charge is 0.224 e. The summed E-state index contributed by atoms with van der Waals surface area (Å²) in [5.41, 5.74) is 3.18. The molecule has 1 aliphatic heterocycles. The van der Waals surface area contributed by atoms with Crippen molar-refractivity contribution in [2.75, 3.05) is 58.8 Å². The second-order valence-electron chi connectivity index (χ2n) is 7.95. The van der Waals surface area contributed by atoms with Crippen molar-refractivity contribution in [2.45, 2.75) is 12.5 Å². The van der Waals surface area contributed by atoms with Gasteiger partial charge >= 0.3 is 0 Å². The van der Waals surface area contributed by atoms with Gasteiger partial charge in [0, 0.05) is 52.5 Å². The number of halogens is 1. The Hall–Kier alpha value is -2.44. The number of likely N-dealkylation sites (N-methyl/N-ethyl adjacent to an activating group) is 1. The van der Waals surface area contributed by atoms with E-state index in [1.165, 1.54) is 17.7 Å². The second kappa shape index (κ2) is 9.85. The number of carbonyl (C=O) groups excluding carboxylic acids is 1. The Kier molecular flexibility index (Phi) is 7.23. The van der Waals surface area contributed by atoms with Crippen molar-refractivity contribution in [1.82, 2.24) is 15.1 Å². The molecule has 0 aromatic heterocycles. The maximum absolute atomic E-state index is 13.1. The first-order chi connectivity index (χ1) is 13.9.